The van der Waals surface area contributed by atoms with Gasteiger partial charge in [0.2, 0.25) is 15.9 Å². The summed E-state index contributed by atoms with van der Waals surface area (Å²) in [6, 6.07) is 11.1. The summed E-state index contributed by atoms with van der Waals surface area (Å²) in [6.07, 6.45) is 0. The van der Waals surface area contributed by atoms with E-state index >= 15 is 0 Å². The van der Waals surface area contributed by atoms with Gasteiger partial charge in [0.25, 0.3) is 0 Å². The molecule has 0 spiro atoms. The van der Waals surface area contributed by atoms with Gasteiger partial charge in [-0.25, -0.2) is 8.42 Å². The summed E-state index contributed by atoms with van der Waals surface area (Å²) in [6.45, 7) is 7.10. The number of carbonyl (C=O) groups excluding carboxylic acids is 1. The van der Waals surface area contributed by atoms with Crippen LogP contribution >= 0.6 is 15.9 Å². The van der Waals surface area contributed by atoms with Crippen molar-refractivity contribution in [2.45, 2.75) is 38.6 Å². The number of benzene rings is 2. The number of likely N-dealkylation sites (N-methyl/N-ethyl adjacent to an activating group) is 1. The molecule has 0 aromatic heterocycles. The van der Waals surface area contributed by atoms with E-state index in [1.165, 1.54) is 7.05 Å². The first kappa shape index (κ1) is 21.6. The Morgan fingerprint density at radius 2 is 1.74 bits per heavy atom. The molecule has 0 fully saturated rings. The zero-order valence-electron chi connectivity index (χ0n) is 16.2. The predicted octanol–water partition coefficient (Wildman–Crippen LogP) is 3.87. The van der Waals surface area contributed by atoms with Crippen molar-refractivity contribution in [3.05, 3.63) is 63.1 Å². The molecule has 2 rings (SSSR count). The molecular formula is C20H25BrN2O3S. The van der Waals surface area contributed by atoms with Crippen LogP contribution in [0.15, 0.2) is 45.8 Å². The Morgan fingerprint density at radius 1 is 1.15 bits per heavy atom. The number of sulfonamides is 1. The second-order valence-electron chi connectivity index (χ2n) is 6.83. The topological polar surface area (TPSA) is 66.5 Å². The summed E-state index contributed by atoms with van der Waals surface area (Å²) in [4.78, 5) is 12.7. The van der Waals surface area contributed by atoms with Gasteiger partial charge in [-0.2, -0.15) is 4.31 Å². The van der Waals surface area contributed by atoms with Gasteiger partial charge in [-0.1, -0.05) is 45.8 Å². The van der Waals surface area contributed by atoms with Gasteiger partial charge < -0.3 is 5.32 Å². The number of nitrogens with zero attached hydrogens (tertiary/aromatic N) is 1. The highest BCUT2D eigenvalue weighted by molar-refractivity contribution is 9.10. The van der Waals surface area contributed by atoms with Crippen LogP contribution in [0.3, 0.4) is 0 Å². The van der Waals surface area contributed by atoms with Gasteiger partial charge in [0.15, 0.2) is 0 Å². The van der Waals surface area contributed by atoms with Crippen molar-refractivity contribution >= 4 is 31.9 Å². The van der Waals surface area contributed by atoms with Gasteiger partial charge in [-0.3, -0.25) is 4.79 Å². The molecule has 0 unspecified atom stereocenters. The average Bonchev–Trinajstić information content (AvgIpc) is 2.53. The number of halogens is 1. The Morgan fingerprint density at radius 3 is 2.30 bits per heavy atom. The lowest BCUT2D eigenvalue weighted by atomic mass is 10.1. The van der Waals surface area contributed by atoms with Crippen molar-refractivity contribution in [2.75, 3.05) is 13.6 Å². The zero-order chi connectivity index (χ0) is 20.4. The van der Waals surface area contributed by atoms with E-state index < -0.39 is 10.0 Å². The summed E-state index contributed by atoms with van der Waals surface area (Å²) >= 11 is 3.41. The second kappa shape index (κ2) is 8.54. The van der Waals surface area contributed by atoms with Gasteiger partial charge in [-0.15, -0.1) is 0 Å². The molecule has 2 aromatic rings. The summed E-state index contributed by atoms with van der Waals surface area (Å²) < 4.78 is 27.9. The summed E-state index contributed by atoms with van der Waals surface area (Å²) in [7, 11) is -2.33. The van der Waals surface area contributed by atoms with E-state index in [4.69, 9.17) is 0 Å². The van der Waals surface area contributed by atoms with E-state index in [1.807, 2.05) is 50.2 Å². The zero-order valence-corrected chi connectivity index (χ0v) is 18.6. The Bertz CT molecular complexity index is 934. The highest BCUT2D eigenvalue weighted by atomic mass is 79.9. The van der Waals surface area contributed by atoms with Crippen LogP contribution in [0.2, 0.25) is 0 Å². The molecule has 1 amide bonds. The Labute approximate surface area is 170 Å². The van der Waals surface area contributed by atoms with Gasteiger partial charge in [0, 0.05) is 11.5 Å². The molecule has 2 aromatic carbocycles. The van der Waals surface area contributed by atoms with Crippen LogP contribution in [-0.2, 0) is 14.8 Å². The standard InChI is InChI=1S/C20H25BrN2O3S/c1-13-9-14(2)20(15(3)10-13)27(25,26)23(5)12-19(24)22-16(4)17-7-6-8-18(21)11-17/h6-11,16H,12H2,1-5H3,(H,22,24)/t16-/m0/s1. The maximum Gasteiger partial charge on any atom is 0.243 e. The largest absolute Gasteiger partial charge is 0.348 e. The number of carbonyl (C=O) groups is 1. The molecule has 0 heterocycles. The number of hydrogen-bond donors (Lipinski definition) is 1. The van der Waals surface area contributed by atoms with Crippen molar-refractivity contribution in [3.8, 4) is 0 Å². The molecular weight excluding hydrogens is 428 g/mol. The fraction of sp³-hybridized carbons (Fsp3) is 0.350. The fourth-order valence-corrected chi connectivity index (χ4v) is 5.11. The van der Waals surface area contributed by atoms with Crippen LogP contribution in [-0.4, -0.2) is 32.2 Å². The van der Waals surface area contributed by atoms with Crippen LogP contribution < -0.4 is 5.32 Å². The first-order valence-corrected chi connectivity index (χ1v) is 10.8. The Hall–Kier alpha value is -1.70. The molecule has 7 heteroatoms. The van der Waals surface area contributed by atoms with Crippen molar-refractivity contribution < 1.29 is 13.2 Å². The molecule has 0 aliphatic carbocycles. The first-order chi connectivity index (χ1) is 12.5. The first-order valence-electron chi connectivity index (χ1n) is 8.61. The lowest BCUT2D eigenvalue weighted by molar-refractivity contribution is -0.121. The van der Waals surface area contributed by atoms with Crippen molar-refractivity contribution in [1.82, 2.24) is 9.62 Å². The Kier molecular flexibility index (Phi) is 6.83. The number of aryl methyl sites for hydroxylation is 3. The molecule has 1 N–H and O–H groups in total. The molecule has 27 heavy (non-hydrogen) atoms. The number of nitrogens with one attached hydrogen (secondary N) is 1. The molecule has 5 nitrogen and oxygen atoms in total. The van der Waals surface area contributed by atoms with E-state index in [0.717, 1.165) is 19.9 Å². The van der Waals surface area contributed by atoms with Crippen LogP contribution in [0.1, 0.15) is 35.2 Å². The van der Waals surface area contributed by atoms with Gasteiger partial charge in [-0.05, 0) is 56.5 Å². The molecule has 0 aliphatic heterocycles. The van der Waals surface area contributed by atoms with E-state index in [0.29, 0.717) is 11.1 Å². The fourth-order valence-electron chi connectivity index (χ4n) is 3.16. The molecule has 0 aliphatic rings. The maximum atomic E-state index is 13.0. The molecule has 0 saturated carbocycles. The van der Waals surface area contributed by atoms with Crippen molar-refractivity contribution in [2.24, 2.45) is 0 Å². The summed E-state index contributed by atoms with van der Waals surface area (Å²) in [5, 5.41) is 2.85. The Balaban J connectivity index is 2.14. The summed E-state index contributed by atoms with van der Waals surface area (Å²) in [5.41, 5.74) is 3.31. The maximum absolute atomic E-state index is 13.0. The van der Waals surface area contributed by atoms with Crippen LogP contribution in [0.25, 0.3) is 0 Å². The van der Waals surface area contributed by atoms with Gasteiger partial charge in [0.1, 0.15) is 0 Å². The highest BCUT2D eigenvalue weighted by Crippen LogP contribution is 2.24. The molecule has 0 radical (unpaired) electrons. The van der Waals surface area contributed by atoms with E-state index in [9.17, 15) is 13.2 Å². The monoisotopic (exact) mass is 452 g/mol. The van der Waals surface area contributed by atoms with Gasteiger partial charge >= 0.3 is 0 Å². The summed E-state index contributed by atoms with van der Waals surface area (Å²) in [5.74, 6) is -0.351. The van der Waals surface area contributed by atoms with Crippen molar-refractivity contribution in [3.63, 3.8) is 0 Å². The quantitative estimate of drug-likeness (QED) is 0.722. The minimum absolute atomic E-state index is 0.228. The SMILES string of the molecule is Cc1cc(C)c(S(=O)(=O)N(C)CC(=O)N[C@@H](C)c2cccc(Br)c2)c(C)c1. The minimum Gasteiger partial charge on any atom is -0.348 e. The number of rotatable bonds is 6. The van der Waals surface area contributed by atoms with Crippen LogP contribution in [0.4, 0.5) is 0 Å². The van der Waals surface area contributed by atoms with E-state index in [2.05, 4.69) is 21.2 Å². The van der Waals surface area contributed by atoms with E-state index in [-0.39, 0.29) is 23.4 Å². The molecule has 1 atom stereocenters. The molecule has 146 valence electrons. The van der Waals surface area contributed by atoms with Crippen LogP contribution in [0.5, 0.6) is 0 Å². The lowest BCUT2D eigenvalue weighted by Gasteiger charge is -2.21. The second-order valence-corrected chi connectivity index (χ2v) is 9.73. The molecule has 0 saturated heterocycles. The number of amides is 1. The van der Waals surface area contributed by atoms with Gasteiger partial charge in [0.05, 0.1) is 17.5 Å². The molecule has 0 bridgehead atoms. The minimum atomic E-state index is -3.75. The normalized spacial score (nSPS) is 12.9. The third-order valence-corrected chi connectivity index (χ3v) is 6.97. The number of hydrogen-bond acceptors (Lipinski definition) is 3. The smallest absolute Gasteiger partial charge is 0.243 e. The van der Waals surface area contributed by atoms with E-state index in [1.54, 1.807) is 13.8 Å². The average molecular weight is 453 g/mol. The highest BCUT2D eigenvalue weighted by Gasteiger charge is 2.27. The van der Waals surface area contributed by atoms with Crippen LogP contribution in [0, 0.1) is 20.8 Å². The lowest BCUT2D eigenvalue weighted by Crippen LogP contribution is -2.39. The third kappa shape index (κ3) is 5.18. The third-order valence-electron chi connectivity index (χ3n) is 4.37. The predicted molar refractivity (Wildman–Crippen MR) is 111 cm³/mol. The van der Waals surface area contributed by atoms with Crippen molar-refractivity contribution in [1.29, 1.82) is 0 Å².